The average molecular weight is 544 g/mol. The van der Waals surface area contributed by atoms with Crippen molar-refractivity contribution in [3.05, 3.63) is 126 Å². The molecule has 0 aliphatic rings. The van der Waals surface area contributed by atoms with Crippen molar-refractivity contribution in [2.45, 2.75) is 39.5 Å². The molecule has 5 rings (SSSR count). The Morgan fingerprint density at radius 3 is 2.05 bits per heavy atom. The number of nitrogens with zero attached hydrogens (tertiary/aromatic N) is 1. The molecule has 0 fully saturated rings. The van der Waals surface area contributed by atoms with E-state index in [9.17, 15) is 9.59 Å². The van der Waals surface area contributed by atoms with Crippen LogP contribution in [0.25, 0.3) is 22.8 Å². The zero-order valence-electron chi connectivity index (χ0n) is 23.7. The first-order chi connectivity index (χ1) is 19.7. The number of rotatable bonds is 7. The van der Waals surface area contributed by atoms with Crippen molar-refractivity contribution >= 4 is 23.2 Å². The Bertz CT molecular complexity index is 1660. The second-order valence-corrected chi connectivity index (χ2v) is 11.1. The van der Waals surface area contributed by atoms with E-state index in [2.05, 4.69) is 60.7 Å². The first-order valence-electron chi connectivity index (χ1n) is 13.6. The van der Waals surface area contributed by atoms with Crippen molar-refractivity contribution in [2.75, 3.05) is 10.6 Å². The standard InChI is InChI=1S/C35H33N3O3/c1-23(39)36-29-20-16-25(17-21-29)32-31(38-34(41-32)26-14-18-28(19-15-26)35(2,3)4)33(40)37-30-13-9-8-12-27(30)22-24-10-6-5-7-11-24/h5-21H,22H2,1-4H3,(H,36,39)(H,37,40). The van der Waals surface area contributed by atoms with Crippen molar-refractivity contribution in [2.24, 2.45) is 0 Å². The summed E-state index contributed by atoms with van der Waals surface area (Å²) in [4.78, 5) is 29.9. The summed E-state index contributed by atoms with van der Waals surface area (Å²) in [7, 11) is 0. The van der Waals surface area contributed by atoms with Crippen LogP contribution in [-0.4, -0.2) is 16.8 Å². The quantitative estimate of drug-likeness (QED) is 0.217. The number of amides is 2. The number of anilines is 2. The van der Waals surface area contributed by atoms with Gasteiger partial charge in [-0.05, 0) is 71.0 Å². The minimum Gasteiger partial charge on any atom is -0.435 e. The van der Waals surface area contributed by atoms with Crippen molar-refractivity contribution in [1.82, 2.24) is 4.98 Å². The number of hydrogen-bond donors (Lipinski definition) is 2. The predicted octanol–water partition coefficient (Wildman–Crippen LogP) is 8.11. The summed E-state index contributed by atoms with van der Waals surface area (Å²) >= 11 is 0. The Morgan fingerprint density at radius 1 is 0.756 bits per heavy atom. The van der Waals surface area contributed by atoms with E-state index in [0.717, 1.165) is 16.7 Å². The molecule has 6 heteroatoms. The highest BCUT2D eigenvalue weighted by atomic mass is 16.4. The van der Waals surface area contributed by atoms with Crippen LogP contribution in [0, 0.1) is 0 Å². The maximum Gasteiger partial charge on any atom is 0.278 e. The molecule has 1 aromatic heterocycles. The smallest absolute Gasteiger partial charge is 0.278 e. The van der Waals surface area contributed by atoms with E-state index in [1.54, 1.807) is 24.3 Å². The average Bonchev–Trinajstić information content (AvgIpc) is 3.40. The van der Waals surface area contributed by atoms with Crippen molar-refractivity contribution in [1.29, 1.82) is 0 Å². The highest BCUT2D eigenvalue weighted by Gasteiger charge is 2.24. The summed E-state index contributed by atoms with van der Waals surface area (Å²) in [5, 5.41) is 5.83. The molecule has 206 valence electrons. The van der Waals surface area contributed by atoms with Gasteiger partial charge in [0.2, 0.25) is 11.8 Å². The van der Waals surface area contributed by atoms with Gasteiger partial charge in [0, 0.05) is 29.4 Å². The van der Waals surface area contributed by atoms with E-state index in [1.165, 1.54) is 12.5 Å². The number of hydrogen-bond acceptors (Lipinski definition) is 4. The van der Waals surface area contributed by atoms with Crippen LogP contribution in [0.2, 0.25) is 0 Å². The lowest BCUT2D eigenvalue weighted by atomic mass is 9.87. The van der Waals surface area contributed by atoms with E-state index in [4.69, 9.17) is 4.42 Å². The van der Waals surface area contributed by atoms with Crippen molar-refractivity contribution in [3.8, 4) is 22.8 Å². The zero-order valence-corrected chi connectivity index (χ0v) is 23.7. The predicted molar refractivity (Wildman–Crippen MR) is 164 cm³/mol. The molecule has 0 atom stereocenters. The van der Waals surface area contributed by atoms with Crippen LogP contribution in [-0.2, 0) is 16.6 Å². The third-order valence-electron chi connectivity index (χ3n) is 6.81. The Kier molecular flexibility index (Phi) is 7.83. The molecule has 2 amide bonds. The Hall–Kier alpha value is -4.97. The molecule has 41 heavy (non-hydrogen) atoms. The normalized spacial score (nSPS) is 11.2. The van der Waals surface area contributed by atoms with E-state index in [1.807, 2.05) is 54.6 Å². The monoisotopic (exact) mass is 543 g/mol. The van der Waals surface area contributed by atoms with Gasteiger partial charge in [-0.1, -0.05) is 81.4 Å². The van der Waals surface area contributed by atoms with Crippen molar-refractivity contribution < 1.29 is 14.0 Å². The fourth-order valence-electron chi connectivity index (χ4n) is 4.61. The molecule has 1 heterocycles. The minimum absolute atomic E-state index is 0.00806. The number of para-hydroxylation sites is 1. The molecule has 4 aromatic carbocycles. The Morgan fingerprint density at radius 2 is 1.39 bits per heavy atom. The van der Waals surface area contributed by atoms with Gasteiger partial charge in [0.25, 0.3) is 5.91 Å². The maximum absolute atomic E-state index is 13.8. The molecule has 0 spiro atoms. The van der Waals surface area contributed by atoms with Crippen LogP contribution < -0.4 is 10.6 Å². The number of benzene rings is 4. The van der Waals surface area contributed by atoms with E-state index < -0.39 is 0 Å². The van der Waals surface area contributed by atoms with Crippen LogP contribution in [0.15, 0.2) is 108 Å². The molecule has 0 saturated carbocycles. The second kappa shape index (κ2) is 11.6. The third kappa shape index (κ3) is 6.61. The molecule has 0 aliphatic heterocycles. The van der Waals surface area contributed by atoms with E-state index in [0.29, 0.717) is 35.0 Å². The number of nitrogens with one attached hydrogen (secondary N) is 2. The lowest BCUT2D eigenvalue weighted by molar-refractivity contribution is -0.114. The number of oxazole rings is 1. The number of aromatic nitrogens is 1. The fourth-order valence-corrected chi connectivity index (χ4v) is 4.61. The molecule has 0 bridgehead atoms. The molecule has 0 unspecified atom stereocenters. The Balaban J connectivity index is 1.51. The topological polar surface area (TPSA) is 84.2 Å². The molecule has 0 saturated heterocycles. The van der Waals surface area contributed by atoms with Crippen LogP contribution >= 0.6 is 0 Å². The summed E-state index contributed by atoms with van der Waals surface area (Å²) in [6.45, 7) is 7.94. The highest BCUT2D eigenvalue weighted by molar-refractivity contribution is 6.07. The van der Waals surface area contributed by atoms with Crippen molar-refractivity contribution in [3.63, 3.8) is 0 Å². The summed E-state index contributed by atoms with van der Waals surface area (Å²) in [6.07, 6.45) is 0.680. The van der Waals surface area contributed by atoms with Crippen LogP contribution in [0.1, 0.15) is 54.9 Å². The van der Waals surface area contributed by atoms with Gasteiger partial charge in [-0.2, -0.15) is 0 Å². The summed E-state index contributed by atoms with van der Waals surface area (Å²) < 4.78 is 6.26. The lowest BCUT2D eigenvalue weighted by Gasteiger charge is -2.18. The fraction of sp³-hybridized carbons (Fsp3) is 0.171. The molecular formula is C35H33N3O3. The highest BCUT2D eigenvalue weighted by Crippen LogP contribution is 2.33. The molecule has 0 radical (unpaired) electrons. The van der Waals surface area contributed by atoms with Crippen LogP contribution in [0.5, 0.6) is 0 Å². The van der Waals surface area contributed by atoms with Gasteiger partial charge in [-0.3, -0.25) is 9.59 Å². The second-order valence-electron chi connectivity index (χ2n) is 11.1. The largest absolute Gasteiger partial charge is 0.435 e. The zero-order chi connectivity index (χ0) is 29.0. The van der Waals surface area contributed by atoms with Gasteiger partial charge in [0.05, 0.1) is 0 Å². The Labute approximate surface area is 240 Å². The SMILES string of the molecule is CC(=O)Nc1ccc(-c2oc(-c3ccc(C(C)(C)C)cc3)nc2C(=O)Nc2ccccc2Cc2ccccc2)cc1. The van der Waals surface area contributed by atoms with Gasteiger partial charge >= 0.3 is 0 Å². The molecule has 6 nitrogen and oxygen atoms in total. The lowest BCUT2D eigenvalue weighted by Crippen LogP contribution is -2.15. The molecule has 2 N–H and O–H groups in total. The number of carbonyl (C=O) groups excluding carboxylic acids is 2. The summed E-state index contributed by atoms with van der Waals surface area (Å²) in [6, 6.07) is 33.1. The minimum atomic E-state index is -0.368. The maximum atomic E-state index is 13.8. The molecule has 0 aliphatic carbocycles. The summed E-state index contributed by atoms with van der Waals surface area (Å²) in [5.74, 6) is 0.182. The van der Waals surface area contributed by atoms with Gasteiger partial charge in [0.1, 0.15) is 0 Å². The third-order valence-corrected chi connectivity index (χ3v) is 6.81. The van der Waals surface area contributed by atoms with Gasteiger partial charge in [-0.25, -0.2) is 4.98 Å². The first kappa shape index (κ1) is 27.6. The van der Waals surface area contributed by atoms with E-state index in [-0.39, 0.29) is 22.9 Å². The van der Waals surface area contributed by atoms with Gasteiger partial charge in [0.15, 0.2) is 11.5 Å². The van der Waals surface area contributed by atoms with Crippen LogP contribution in [0.4, 0.5) is 11.4 Å². The first-order valence-corrected chi connectivity index (χ1v) is 13.6. The van der Waals surface area contributed by atoms with E-state index >= 15 is 0 Å². The van der Waals surface area contributed by atoms with Gasteiger partial charge < -0.3 is 15.1 Å². The van der Waals surface area contributed by atoms with Gasteiger partial charge in [-0.15, -0.1) is 0 Å². The summed E-state index contributed by atoms with van der Waals surface area (Å²) in [5.41, 5.74) is 6.34. The number of carbonyl (C=O) groups is 2. The molecule has 5 aromatic rings. The van der Waals surface area contributed by atoms with Crippen LogP contribution in [0.3, 0.4) is 0 Å². The molecular weight excluding hydrogens is 510 g/mol.